The predicted octanol–water partition coefficient (Wildman–Crippen LogP) is 4.53. The van der Waals surface area contributed by atoms with Gasteiger partial charge in [-0.3, -0.25) is 14.9 Å². The molecule has 1 aliphatic heterocycles. The second kappa shape index (κ2) is 6.99. The van der Waals surface area contributed by atoms with Crippen LogP contribution in [-0.4, -0.2) is 29.5 Å². The zero-order chi connectivity index (χ0) is 20.2. The highest BCUT2D eigenvalue weighted by atomic mass is 16.6. The van der Waals surface area contributed by atoms with Gasteiger partial charge in [0.25, 0.3) is 11.6 Å². The molecule has 1 aromatic carbocycles. The Bertz CT molecular complexity index is 801. The second-order valence-corrected chi connectivity index (χ2v) is 10.3. The molecule has 4 bridgehead atoms. The maximum atomic E-state index is 13.1. The highest BCUT2D eigenvalue weighted by molar-refractivity contribution is 5.96. The minimum atomic E-state index is -0.337. The molecule has 1 saturated heterocycles. The molecule has 4 aliphatic carbocycles. The first-order valence-electron chi connectivity index (χ1n) is 11.3. The first kappa shape index (κ1) is 18.9. The Balaban J connectivity index is 1.37. The predicted molar refractivity (Wildman–Crippen MR) is 112 cm³/mol. The summed E-state index contributed by atoms with van der Waals surface area (Å²) in [6, 6.07) is 5.05. The fraction of sp³-hybridized carbons (Fsp3) is 0.696. The lowest BCUT2D eigenvalue weighted by atomic mass is 9.53. The number of piperidine rings is 1. The number of hydrogen-bond donors (Lipinski definition) is 1. The molecule has 0 spiro atoms. The van der Waals surface area contributed by atoms with E-state index in [1.165, 1.54) is 25.3 Å². The van der Waals surface area contributed by atoms with Crippen molar-refractivity contribution in [2.24, 2.45) is 23.7 Å². The quantitative estimate of drug-likeness (QED) is 0.598. The molecule has 6 heteroatoms. The van der Waals surface area contributed by atoms with Crippen molar-refractivity contribution in [3.63, 3.8) is 0 Å². The smallest absolute Gasteiger partial charge is 0.293 e. The van der Waals surface area contributed by atoms with E-state index in [2.05, 4.69) is 17.1 Å². The van der Waals surface area contributed by atoms with Gasteiger partial charge >= 0.3 is 0 Å². The molecular weight excluding hydrogens is 366 g/mol. The van der Waals surface area contributed by atoms with Crippen molar-refractivity contribution >= 4 is 17.3 Å². The average Bonchev–Trinajstić information content (AvgIpc) is 2.66. The maximum Gasteiger partial charge on any atom is 0.293 e. The van der Waals surface area contributed by atoms with Crippen molar-refractivity contribution < 1.29 is 9.72 Å². The van der Waals surface area contributed by atoms with E-state index in [4.69, 9.17) is 0 Å². The summed E-state index contributed by atoms with van der Waals surface area (Å²) < 4.78 is 0. The topological polar surface area (TPSA) is 75.5 Å². The fourth-order valence-corrected chi connectivity index (χ4v) is 7.06. The van der Waals surface area contributed by atoms with Crippen LogP contribution in [0.4, 0.5) is 11.4 Å². The van der Waals surface area contributed by atoms with Gasteiger partial charge in [0.15, 0.2) is 0 Å². The van der Waals surface area contributed by atoms with E-state index >= 15 is 0 Å². The monoisotopic (exact) mass is 397 g/mol. The van der Waals surface area contributed by atoms with E-state index in [9.17, 15) is 14.9 Å². The van der Waals surface area contributed by atoms with Crippen molar-refractivity contribution in [1.29, 1.82) is 0 Å². The van der Waals surface area contributed by atoms with Crippen molar-refractivity contribution in [3.05, 3.63) is 33.9 Å². The number of carbonyl (C=O) groups is 1. The summed E-state index contributed by atoms with van der Waals surface area (Å²) >= 11 is 0. The summed E-state index contributed by atoms with van der Waals surface area (Å²) in [5, 5.41) is 15.1. The lowest BCUT2D eigenvalue weighted by Crippen LogP contribution is -2.59. The minimum absolute atomic E-state index is 0.0530. The number of anilines is 1. The van der Waals surface area contributed by atoms with Crippen LogP contribution in [0.3, 0.4) is 0 Å². The zero-order valence-corrected chi connectivity index (χ0v) is 17.2. The van der Waals surface area contributed by atoms with Gasteiger partial charge < -0.3 is 10.2 Å². The number of carbonyl (C=O) groups excluding carboxylic acids is 1. The van der Waals surface area contributed by atoms with Crippen LogP contribution in [-0.2, 0) is 0 Å². The van der Waals surface area contributed by atoms with Crippen LogP contribution in [0.1, 0.15) is 68.6 Å². The molecule has 1 aromatic rings. The van der Waals surface area contributed by atoms with Crippen molar-refractivity contribution in [1.82, 2.24) is 5.32 Å². The highest BCUT2D eigenvalue weighted by Gasteiger charge is 2.51. The van der Waals surface area contributed by atoms with Crippen molar-refractivity contribution in [3.8, 4) is 0 Å². The summed E-state index contributed by atoms with van der Waals surface area (Å²) in [6.45, 7) is 3.86. The fourth-order valence-electron chi connectivity index (χ4n) is 7.06. The first-order valence-corrected chi connectivity index (χ1v) is 11.3. The van der Waals surface area contributed by atoms with Gasteiger partial charge in [0.1, 0.15) is 5.69 Å². The van der Waals surface area contributed by atoms with Gasteiger partial charge in [-0.1, -0.05) is 6.92 Å². The molecule has 5 fully saturated rings. The third kappa shape index (κ3) is 3.51. The number of rotatable bonds is 4. The van der Waals surface area contributed by atoms with Gasteiger partial charge in [0.2, 0.25) is 0 Å². The van der Waals surface area contributed by atoms with Crippen molar-refractivity contribution in [2.45, 2.75) is 63.8 Å². The van der Waals surface area contributed by atoms with Crippen LogP contribution in [0.5, 0.6) is 0 Å². The van der Waals surface area contributed by atoms with E-state index in [0.29, 0.717) is 17.2 Å². The molecule has 1 N–H and O–H groups in total. The largest absolute Gasteiger partial charge is 0.366 e. The molecule has 1 heterocycles. The first-order chi connectivity index (χ1) is 13.9. The molecule has 1 amide bonds. The lowest BCUT2D eigenvalue weighted by molar-refractivity contribution is -0.384. The Morgan fingerprint density at radius 2 is 1.83 bits per heavy atom. The Hall–Kier alpha value is -2.11. The Labute approximate surface area is 172 Å². The normalized spacial score (nSPS) is 35.6. The van der Waals surface area contributed by atoms with Crippen LogP contribution in [0.2, 0.25) is 0 Å². The van der Waals surface area contributed by atoms with Gasteiger partial charge in [0, 0.05) is 30.3 Å². The highest BCUT2D eigenvalue weighted by Crippen LogP contribution is 2.55. The number of hydrogen-bond acceptors (Lipinski definition) is 4. The summed E-state index contributed by atoms with van der Waals surface area (Å²) in [7, 11) is 0. The molecule has 5 aliphatic rings. The summed E-state index contributed by atoms with van der Waals surface area (Å²) in [4.78, 5) is 26.6. The van der Waals surface area contributed by atoms with Crippen molar-refractivity contribution in [2.75, 3.05) is 18.0 Å². The van der Waals surface area contributed by atoms with Gasteiger partial charge in [-0.05, 0) is 87.2 Å². The molecule has 6 rings (SSSR count). The maximum absolute atomic E-state index is 13.1. The van der Waals surface area contributed by atoms with E-state index in [-0.39, 0.29) is 22.1 Å². The average molecular weight is 398 g/mol. The Morgan fingerprint density at radius 3 is 2.41 bits per heavy atom. The summed E-state index contributed by atoms with van der Waals surface area (Å²) in [5.41, 5.74) is 1.04. The standard InChI is InChI=1S/C23H31N3O3/c1-15-3-2-6-25(14-15)20-5-4-19(10-21(20)26(28)29)22(27)24-23-11-16-7-17(12-23)9-18(8-16)13-23/h4-5,10,15-18H,2-3,6-9,11-14H2,1H3,(H,24,27)/t15-,16?,17?,18?,23?/m1/s1. The molecule has 1 atom stereocenters. The third-order valence-corrected chi connectivity index (χ3v) is 7.85. The van der Waals surface area contributed by atoms with Gasteiger partial charge in [0.05, 0.1) is 4.92 Å². The number of nitrogens with zero attached hydrogens (tertiary/aromatic N) is 2. The second-order valence-electron chi connectivity index (χ2n) is 10.3. The number of nitro benzene ring substituents is 1. The van der Waals surface area contributed by atoms with Crippen LogP contribution >= 0.6 is 0 Å². The molecule has 156 valence electrons. The molecule has 29 heavy (non-hydrogen) atoms. The van der Waals surface area contributed by atoms with Crippen LogP contribution in [0.15, 0.2) is 18.2 Å². The molecule has 4 saturated carbocycles. The van der Waals surface area contributed by atoms with E-state index in [1.54, 1.807) is 12.1 Å². The molecule has 6 nitrogen and oxygen atoms in total. The van der Waals surface area contributed by atoms with E-state index < -0.39 is 0 Å². The number of amides is 1. The number of nitro groups is 1. The molecular formula is C23H31N3O3. The van der Waals surface area contributed by atoms with Gasteiger partial charge in [-0.15, -0.1) is 0 Å². The number of benzene rings is 1. The minimum Gasteiger partial charge on any atom is -0.366 e. The van der Waals surface area contributed by atoms with Crippen LogP contribution in [0, 0.1) is 33.8 Å². The molecule has 0 radical (unpaired) electrons. The molecule has 0 unspecified atom stereocenters. The molecule has 0 aromatic heterocycles. The Kier molecular flexibility index (Phi) is 4.56. The van der Waals surface area contributed by atoms with Gasteiger partial charge in [-0.25, -0.2) is 0 Å². The summed E-state index contributed by atoms with van der Waals surface area (Å²) in [5.74, 6) is 2.63. The van der Waals surface area contributed by atoms with Crippen LogP contribution in [0.25, 0.3) is 0 Å². The lowest BCUT2D eigenvalue weighted by Gasteiger charge is -2.56. The van der Waals surface area contributed by atoms with E-state index in [0.717, 1.165) is 62.9 Å². The Morgan fingerprint density at radius 1 is 1.17 bits per heavy atom. The zero-order valence-electron chi connectivity index (χ0n) is 17.2. The van der Waals surface area contributed by atoms with E-state index in [1.807, 2.05) is 0 Å². The van der Waals surface area contributed by atoms with Gasteiger partial charge in [-0.2, -0.15) is 0 Å². The third-order valence-electron chi connectivity index (χ3n) is 7.85. The SMILES string of the molecule is C[C@@H]1CCCN(c2ccc(C(=O)NC34CC5CC(CC(C5)C3)C4)cc2[N+](=O)[O-])C1. The summed E-state index contributed by atoms with van der Waals surface area (Å²) in [6.07, 6.45) is 9.42. The number of nitrogens with one attached hydrogen (secondary N) is 1. The van der Waals surface area contributed by atoms with Crippen LogP contribution < -0.4 is 10.2 Å².